The lowest BCUT2D eigenvalue weighted by Crippen LogP contribution is -2.29. The molecule has 2 aromatic carbocycles. The van der Waals surface area contributed by atoms with Crippen LogP contribution < -0.4 is 10.0 Å². The van der Waals surface area contributed by atoms with E-state index in [0.29, 0.717) is 17.9 Å². The van der Waals surface area contributed by atoms with Gasteiger partial charge in [0.25, 0.3) is 0 Å². The molecular formula is C16H20N2O2S. The van der Waals surface area contributed by atoms with Crippen molar-refractivity contribution >= 4 is 21.4 Å². The Balaban J connectivity index is 2.33. The van der Waals surface area contributed by atoms with Gasteiger partial charge < -0.3 is 5.73 Å². The van der Waals surface area contributed by atoms with Gasteiger partial charge in [-0.3, -0.25) is 4.31 Å². The molecule has 0 amide bonds. The van der Waals surface area contributed by atoms with Crippen molar-refractivity contribution in [2.45, 2.75) is 19.9 Å². The summed E-state index contributed by atoms with van der Waals surface area (Å²) in [6.45, 7) is 2.39. The van der Waals surface area contributed by atoms with Gasteiger partial charge in [-0.25, -0.2) is 8.42 Å². The Kier molecular flexibility index (Phi) is 4.53. The van der Waals surface area contributed by atoms with E-state index in [4.69, 9.17) is 5.73 Å². The molecule has 0 heterocycles. The topological polar surface area (TPSA) is 63.4 Å². The number of nitrogens with zero attached hydrogens (tertiary/aromatic N) is 1. The van der Waals surface area contributed by atoms with E-state index in [1.165, 1.54) is 16.1 Å². The molecule has 0 unspecified atom stereocenters. The molecule has 112 valence electrons. The van der Waals surface area contributed by atoms with Crippen LogP contribution in [0.3, 0.4) is 0 Å². The summed E-state index contributed by atoms with van der Waals surface area (Å²) in [4.78, 5) is 0. The van der Waals surface area contributed by atoms with Crippen LogP contribution >= 0.6 is 0 Å². The third-order valence-electron chi connectivity index (χ3n) is 3.32. The maximum absolute atomic E-state index is 12.1. The lowest BCUT2D eigenvalue weighted by molar-refractivity contribution is 0.596. The average molecular weight is 304 g/mol. The molecule has 0 aliphatic carbocycles. The molecule has 0 saturated heterocycles. The predicted molar refractivity (Wildman–Crippen MR) is 87.7 cm³/mol. The van der Waals surface area contributed by atoms with Crippen molar-refractivity contribution in [1.82, 2.24) is 0 Å². The third-order valence-corrected chi connectivity index (χ3v) is 4.46. The number of anilines is 2. The zero-order valence-corrected chi connectivity index (χ0v) is 13.1. The van der Waals surface area contributed by atoms with Crippen molar-refractivity contribution in [2.75, 3.05) is 16.3 Å². The van der Waals surface area contributed by atoms with E-state index in [-0.39, 0.29) is 0 Å². The molecule has 21 heavy (non-hydrogen) atoms. The van der Waals surface area contributed by atoms with E-state index in [1.54, 1.807) is 24.3 Å². The summed E-state index contributed by atoms with van der Waals surface area (Å²) in [7, 11) is -3.37. The Labute approximate surface area is 126 Å². The molecule has 5 heteroatoms. The summed E-state index contributed by atoms with van der Waals surface area (Å²) in [6, 6.07) is 14.9. The molecule has 0 aliphatic heterocycles. The summed E-state index contributed by atoms with van der Waals surface area (Å²) in [5, 5.41) is 0. The van der Waals surface area contributed by atoms with Crippen molar-refractivity contribution in [3.63, 3.8) is 0 Å². The maximum Gasteiger partial charge on any atom is 0.232 e. The lowest BCUT2D eigenvalue weighted by atomic mass is 10.1. The van der Waals surface area contributed by atoms with Crippen LogP contribution in [0.4, 0.5) is 11.4 Å². The molecule has 0 fully saturated rings. The van der Waals surface area contributed by atoms with Crippen LogP contribution in [0.1, 0.15) is 18.1 Å². The number of rotatable bonds is 5. The lowest BCUT2D eigenvalue weighted by Gasteiger charge is -2.23. The number of nitrogens with two attached hydrogens (primary N) is 1. The Bertz CT molecular complexity index is 709. The van der Waals surface area contributed by atoms with Crippen molar-refractivity contribution < 1.29 is 8.42 Å². The van der Waals surface area contributed by atoms with Crippen LogP contribution in [-0.4, -0.2) is 14.7 Å². The van der Waals surface area contributed by atoms with Crippen LogP contribution in [0.2, 0.25) is 0 Å². The molecule has 4 nitrogen and oxygen atoms in total. The van der Waals surface area contributed by atoms with E-state index < -0.39 is 10.0 Å². The van der Waals surface area contributed by atoms with Gasteiger partial charge in [0.1, 0.15) is 0 Å². The summed E-state index contributed by atoms with van der Waals surface area (Å²) < 4.78 is 25.5. The second kappa shape index (κ2) is 6.18. The minimum Gasteiger partial charge on any atom is -0.399 e. The molecule has 0 aromatic heterocycles. The Morgan fingerprint density at radius 3 is 2.19 bits per heavy atom. The summed E-state index contributed by atoms with van der Waals surface area (Å²) in [5.74, 6) is 0. The van der Waals surface area contributed by atoms with Gasteiger partial charge in [0, 0.05) is 5.69 Å². The minimum atomic E-state index is -3.37. The van der Waals surface area contributed by atoms with Crippen molar-refractivity contribution in [3.05, 3.63) is 59.7 Å². The third kappa shape index (κ3) is 3.98. The molecule has 0 aliphatic rings. The van der Waals surface area contributed by atoms with Gasteiger partial charge in [0.2, 0.25) is 10.0 Å². The quantitative estimate of drug-likeness (QED) is 0.864. The summed E-state index contributed by atoms with van der Waals surface area (Å²) >= 11 is 0. The second-order valence-corrected chi connectivity index (χ2v) is 6.94. The number of hydrogen-bond acceptors (Lipinski definition) is 3. The van der Waals surface area contributed by atoms with Gasteiger partial charge in [-0.15, -0.1) is 0 Å². The first-order valence-corrected chi connectivity index (χ1v) is 8.66. The van der Waals surface area contributed by atoms with Gasteiger partial charge in [0.05, 0.1) is 18.5 Å². The molecule has 2 N–H and O–H groups in total. The predicted octanol–water partition coefficient (Wildman–Crippen LogP) is 2.80. The highest BCUT2D eigenvalue weighted by atomic mass is 32.2. The molecule has 2 rings (SSSR count). The molecular weight excluding hydrogens is 284 g/mol. The summed E-state index contributed by atoms with van der Waals surface area (Å²) in [5.41, 5.74) is 9.05. The highest BCUT2D eigenvalue weighted by Gasteiger charge is 2.17. The van der Waals surface area contributed by atoms with Gasteiger partial charge >= 0.3 is 0 Å². The van der Waals surface area contributed by atoms with Crippen molar-refractivity contribution in [3.8, 4) is 0 Å². The van der Waals surface area contributed by atoms with E-state index in [0.717, 1.165) is 12.0 Å². The molecule has 0 radical (unpaired) electrons. The standard InChI is InChI=1S/C16H20N2O2S/c1-3-13-7-9-14(10-8-13)12-18(21(2,19)20)16-6-4-5-15(17)11-16/h4-11H,3,12,17H2,1-2H3. The normalized spacial score (nSPS) is 11.3. The zero-order valence-electron chi connectivity index (χ0n) is 12.3. The monoisotopic (exact) mass is 304 g/mol. The summed E-state index contributed by atoms with van der Waals surface area (Å²) in [6.07, 6.45) is 2.17. The number of benzene rings is 2. The van der Waals surface area contributed by atoms with Crippen molar-refractivity contribution in [2.24, 2.45) is 0 Å². The van der Waals surface area contributed by atoms with Gasteiger partial charge in [-0.1, -0.05) is 37.3 Å². The van der Waals surface area contributed by atoms with E-state index in [1.807, 2.05) is 24.3 Å². The first-order chi connectivity index (χ1) is 9.90. The smallest absolute Gasteiger partial charge is 0.232 e. The molecule has 0 saturated carbocycles. The number of sulfonamides is 1. The molecule has 0 bridgehead atoms. The fourth-order valence-electron chi connectivity index (χ4n) is 2.13. The van der Waals surface area contributed by atoms with Crippen LogP contribution in [0.25, 0.3) is 0 Å². The van der Waals surface area contributed by atoms with Crippen LogP contribution in [0.15, 0.2) is 48.5 Å². The van der Waals surface area contributed by atoms with Crippen LogP contribution in [0.5, 0.6) is 0 Å². The minimum absolute atomic E-state index is 0.298. The van der Waals surface area contributed by atoms with Gasteiger partial charge in [-0.2, -0.15) is 0 Å². The van der Waals surface area contributed by atoms with Crippen molar-refractivity contribution in [1.29, 1.82) is 0 Å². The Morgan fingerprint density at radius 2 is 1.67 bits per heavy atom. The fraction of sp³-hybridized carbons (Fsp3) is 0.250. The number of hydrogen-bond donors (Lipinski definition) is 1. The average Bonchev–Trinajstić information content (AvgIpc) is 2.44. The van der Waals surface area contributed by atoms with E-state index in [9.17, 15) is 8.42 Å². The highest BCUT2D eigenvalue weighted by molar-refractivity contribution is 7.92. The fourth-order valence-corrected chi connectivity index (χ4v) is 3.01. The molecule has 0 atom stereocenters. The maximum atomic E-state index is 12.1. The van der Waals surface area contributed by atoms with E-state index >= 15 is 0 Å². The van der Waals surface area contributed by atoms with Gasteiger partial charge in [-0.05, 0) is 35.7 Å². The first kappa shape index (κ1) is 15.4. The Morgan fingerprint density at radius 1 is 1.05 bits per heavy atom. The largest absolute Gasteiger partial charge is 0.399 e. The zero-order chi connectivity index (χ0) is 15.5. The van der Waals surface area contributed by atoms with Crippen LogP contribution in [0, 0.1) is 0 Å². The first-order valence-electron chi connectivity index (χ1n) is 6.81. The number of nitrogen functional groups attached to an aromatic ring is 1. The Hall–Kier alpha value is -2.01. The van der Waals surface area contributed by atoms with Crippen LogP contribution in [-0.2, 0) is 23.0 Å². The van der Waals surface area contributed by atoms with E-state index in [2.05, 4.69) is 6.92 Å². The van der Waals surface area contributed by atoms with Gasteiger partial charge in [0.15, 0.2) is 0 Å². The SMILES string of the molecule is CCc1ccc(CN(c2cccc(N)c2)S(C)(=O)=O)cc1. The molecule has 0 spiro atoms. The number of aryl methyl sites for hydroxylation is 1. The second-order valence-electron chi connectivity index (χ2n) is 5.03. The molecule has 2 aromatic rings. The highest BCUT2D eigenvalue weighted by Crippen LogP contribution is 2.22.